The second-order valence-electron chi connectivity index (χ2n) is 1.33. The number of hydrogen-bond acceptors (Lipinski definition) is 2. The summed E-state index contributed by atoms with van der Waals surface area (Å²) >= 11 is 0. The van der Waals surface area contributed by atoms with Crippen molar-refractivity contribution in [2.45, 2.75) is 19.8 Å². The van der Waals surface area contributed by atoms with Gasteiger partial charge in [-0.25, -0.2) is 0 Å². The third-order valence-electron chi connectivity index (χ3n) is 0.690. The molecule has 0 aliphatic rings. The highest BCUT2D eigenvalue weighted by molar-refractivity contribution is 6.15. The maximum absolute atomic E-state index is 7.95. The van der Waals surface area contributed by atoms with Crippen LogP contribution in [0.5, 0.6) is 0 Å². The van der Waals surface area contributed by atoms with Crippen molar-refractivity contribution in [1.82, 2.24) is 0 Å². The summed E-state index contributed by atoms with van der Waals surface area (Å²) in [4.78, 5) is 0. The monoisotopic (exact) mass is 101 g/mol. The zero-order valence-corrected chi connectivity index (χ0v) is 4.55. The SMILES string of the molecule is CCCCO[B]O. The highest BCUT2D eigenvalue weighted by atomic mass is 16.5. The van der Waals surface area contributed by atoms with Crippen LogP contribution < -0.4 is 0 Å². The lowest BCUT2D eigenvalue weighted by atomic mass is 10.3. The average Bonchev–Trinajstić information content (AvgIpc) is 1.69. The van der Waals surface area contributed by atoms with Crippen molar-refractivity contribution in [3.63, 3.8) is 0 Å². The van der Waals surface area contributed by atoms with E-state index in [2.05, 4.69) is 11.6 Å². The Morgan fingerprint density at radius 3 is 2.86 bits per heavy atom. The Morgan fingerprint density at radius 1 is 1.71 bits per heavy atom. The predicted octanol–water partition coefficient (Wildman–Crippen LogP) is 0.330. The molecule has 0 aromatic rings. The van der Waals surface area contributed by atoms with E-state index in [9.17, 15) is 0 Å². The van der Waals surface area contributed by atoms with E-state index < -0.39 is 0 Å². The lowest BCUT2D eigenvalue weighted by Crippen LogP contribution is -1.97. The summed E-state index contributed by atoms with van der Waals surface area (Å²) in [5.41, 5.74) is 0. The van der Waals surface area contributed by atoms with Crippen molar-refractivity contribution in [2.75, 3.05) is 6.61 Å². The van der Waals surface area contributed by atoms with Gasteiger partial charge in [-0.1, -0.05) is 13.3 Å². The average molecular weight is 101 g/mol. The van der Waals surface area contributed by atoms with Crippen LogP contribution in [0, 0.1) is 0 Å². The van der Waals surface area contributed by atoms with Crippen molar-refractivity contribution in [3.05, 3.63) is 0 Å². The number of hydrogen-bond donors (Lipinski definition) is 1. The Bertz CT molecular complexity index is 28.9. The van der Waals surface area contributed by atoms with Crippen LogP contribution in [-0.2, 0) is 4.65 Å². The smallest absolute Gasteiger partial charge is 0.429 e. The highest BCUT2D eigenvalue weighted by Gasteiger charge is 1.83. The summed E-state index contributed by atoms with van der Waals surface area (Å²) in [7, 11) is 0.732. The fourth-order valence-corrected chi connectivity index (χ4v) is 0.280. The summed E-state index contributed by atoms with van der Waals surface area (Å²) in [6.45, 7) is 2.70. The van der Waals surface area contributed by atoms with Crippen molar-refractivity contribution in [3.8, 4) is 0 Å². The number of rotatable bonds is 4. The summed E-state index contributed by atoms with van der Waals surface area (Å²) in [6, 6.07) is 0. The van der Waals surface area contributed by atoms with E-state index in [1.165, 1.54) is 0 Å². The normalized spacial score (nSPS) is 8.86. The molecule has 0 bridgehead atoms. The topological polar surface area (TPSA) is 29.5 Å². The fourth-order valence-electron chi connectivity index (χ4n) is 0.280. The minimum absolute atomic E-state index is 0.632. The molecule has 0 aromatic heterocycles. The Morgan fingerprint density at radius 2 is 2.43 bits per heavy atom. The van der Waals surface area contributed by atoms with Crippen LogP contribution in [0.1, 0.15) is 19.8 Å². The zero-order chi connectivity index (χ0) is 5.54. The molecular formula is C4H10BO2. The van der Waals surface area contributed by atoms with Crippen molar-refractivity contribution < 1.29 is 9.68 Å². The molecular weight excluding hydrogens is 90.9 g/mol. The van der Waals surface area contributed by atoms with Crippen LogP contribution in [0.15, 0.2) is 0 Å². The van der Waals surface area contributed by atoms with Gasteiger partial charge >= 0.3 is 7.69 Å². The first-order valence-corrected chi connectivity index (χ1v) is 2.49. The van der Waals surface area contributed by atoms with E-state index in [4.69, 9.17) is 5.02 Å². The van der Waals surface area contributed by atoms with Crippen LogP contribution in [0.3, 0.4) is 0 Å². The summed E-state index contributed by atoms with van der Waals surface area (Å²) in [5, 5.41) is 7.95. The Balaban J connectivity index is 2.45. The number of unbranched alkanes of at least 4 members (excludes halogenated alkanes) is 1. The van der Waals surface area contributed by atoms with Crippen LogP contribution in [0.2, 0.25) is 0 Å². The molecule has 0 aliphatic heterocycles. The minimum Gasteiger partial charge on any atom is -0.429 e. The molecule has 41 valence electrons. The van der Waals surface area contributed by atoms with Crippen molar-refractivity contribution in [2.24, 2.45) is 0 Å². The van der Waals surface area contributed by atoms with E-state index in [-0.39, 0.29) is 0 Å². The highest BCUT2D eigenvalue weighted by Crippen LogP contribution is 1.84. The molecule has 0 saturated carbocycles. The van der Waals surface area contributed by atoms with Gasteiger partial charge in [-0.2, -0.15) is 0 Å². The molecule has 7 heavy (non-hydrogen) atoms. The van der Waals surface area contributed by atoms with Gasteiger partial charge in [-0.3, -0.25) is 0 Å². The van der Waals surface area contributed by atoms with Gasteiger partial charge in [0.05, 0.1) is 0 Å². The first-order chi connectivity index (χ1) is 3.41. The molecule has 0 aromatic carbocycles. The summed E-state index contributed by atoms with van der Waals surface area (Å²) in [5.74, 6) is 0. The molecule has 0 heterocycles. The quantitative estimate of drug-likeness (QED) is 0.408. The predicted molar refractivity (Wildman–Crippen MR) is 28.8 cm³/mol. The first-order valence-electron chi connectivity index (χ1n) is 2.49. The van der Waals surface area contributed by atoms with E-state index >= 15 is 0 Å². The van der Waals surface area contributed by atoms with Crippen LogP contribution in [0.4, 0.5) is 0 Å². The third-order valence-corrected chi connectivity index (χ3v) is 0.690. The molecule has 0 rings (SSSR count). The molecule has 0 saturated heterocycles. The lowest BCUT2D eigenvalue weighted by Gasteiger charge is -1.92. The van der Waals surface area contributed by atoms with E-state index in [1.54, 1.807) is 0 Å². The van der Waals surface area contributed by atoms with E-state index in [1.807, 2.05) is 0 Å². The Kier molecular flexibility index (Phi) is 5.97. The first kappa shape index (κ1) is 6.98. The second-order valence-corrected chi connectivity index (χ2v) is 1.33. The van der Waals surface area contributed by atoms with Crippen molar-refractivity contribution >= 4 is 7.69 Å². The van der Waals surface area contributed by atoms with Gasteiger partial charge in [0.2, 0.25) is 0 Å². The van der Waals surface area contributed by atoms with Crippen LogP contribution in [-0.4, -0.2) is 19.3 Å². The third kappa shape index (κ3) is 5.98. The largest absolute Gasteiger partial charge is 0.485 e. The van der Waals surface area contributed by atoms with E-state index in [0.29, 0.717) is 6.61 Å². The minimum atomic E-state index is 0.632. The van der Waals surface area contributed by atoms with Gasteiger partial charge in [0.1, 0.15) is 0 Å². The maximum atomic E-state index is 7.95. The summed E-state index contributed by atoms with van der Waals surface area (Å²) < 4.78 is 4.50. The van der Waals surface area contributed by atoms with Gasteiger partial charge in [-0.05, 0) is 6.42 Å². The summed E-state index contributed by atoms with van der Waals surface area (Å²) in [6.07, 6.45) is 2.12. The molecule has 1 radical (unpaired) electrons. The second kappa shape index (κ2) is 5.98. The van der Waals surface area contributed by atoms with Gasteiger partial charge in [0.25, 0.3) is 0 Å². The van der Waals surface area contributed by atoms with Gasteiger partial charge in [0.15, 0.2) is 0 Å². The standard InChI is InChI=1S/C4H10BO2/c1-2-3-4-7-5-6/h6H,2-4H2,1H3. The lowest BCUT2D eigenvalue weighted by molar-refractivity contribution is 0.278. The van der Waals surface area contributed by atoms with Crippen LogP contribution >= 0.6 is 0 Å². The molecule has 0 atom stereocenters. The fraction of sp³-hybridized carbons (Fsp3) is 1.00. The molecule has 3 heteroatoms. The van der Waals surface area contributed by atoms with Gasteiger partial charge < -0.3 is 9.68 Å². The van der Waals surface area contributed by atoms with Crippen LogP contribution in [0.25, 0.3) is 0 Å². The molecule has 1 N–H and O–H groups in total. The van der Waals surface area contributed by atoms with Gasteiger partial charge in [-0.15, -0.1) is 0 Å². The molecule has 0 fully saturated rings. The van der Waals surface area contributed by atoms with Crippen molar-refractivity contribution in [1.29, 1.82) is 0 Å². The zero-order valence-electron chi connectivity index (χ0n) is 4.55. The molecule has 0 amide bonds. The van der Waals surface area contributed by atoms with E-state index in [0.717, 1.165) is 20.5 Å². The Hall–Kier alpha value is -0.0151. The maximum Gasteiger partial charge on any atom is 0.485 e. The molecule has 0 spiro atoms. The molecule has 2 nitrogen and oxygen atoms in total. The molecule has 0 unspecified atom stereocenters. The Labute approximate surface area is 44.8 Å². The van der Waals surface area contributed by atoms with Gasteiger partial charge in [0, 0.05) is 6.61 Å². The molecule has 0 aliphatic carbocycles.